The molecule has 1 aromatic heterocycles. The highest BCUT2D eigenvalue weighted by molar-refractivity contribution is 5.34. The largest absolute Gasteiger partial charge is 0.353 e. The van der Waals surface area contributed by atoms with Crippen LogP contribution in [0.2, 0.25) is 0 Å². The van der Waals surface area contributed by atoms with Crippen molar-refractivity contribution in [2.75, 3.05) is 5.32 Å². The molecule has 1 aliphatic heterocycles. The Hall–Kier alpha value is -0.990. The summed E-state index contributed by atoms with van der Waals surface area (Å²) in [6.45, 7) is 4.53. The van der Waals surface area contributed by atoms with E-state index in [2.05, 4.69) is 29.9 Å². The number of nitrogens with one attached hydrogen (secondary N) is 1. The highest BCUT2D eigenvalue weighted by atomic mass is 15.2. The lowest BCUT2D eigenvalue weighted by Gasteiger charge is -2.27. The van der Waals surface area contributed by atoms with Crippen molar-refractivity contribution in [2.24, 2.45) is 0 Å². The normalized spacial score (nSPS) is 30.1. The number of imidazole rings is 1. The Labute approximate surface area is 97.3 Å². The lowest BCUT2D eigenvalue weighted by atomic mass is 10.1. The predicted molar refractivity (Wildman–Crippen MR) is 65.8 cm³/mol. The molecule has 0 radical (unpaired) electrons. The van der Waals surface area contributed by atoms with E-state index in [0.29, 0.717) is 12.1 Å². The summed E-state index contributed by atoms with van der Waals surface area (Å²) in [4.78, 5) is 4.79. The van der Waals surface area contributed by atoms with E-state index in [-0.39, 0.29) is 0 Å². The van der Waals surface area contributed by atoms with Crippen LogP contribution >= 0.6 is 0 Å². The first-order valence-corrected chi connectivity index (χ1v) is 6.59. The summed E-state index contributed by atoms with van der Waals surface area (Å²) in [5, 5.41) is 3.49. The van der Waals surface area contributed by atoms with Crippen LogP contribution < -0.4 is 5.32 Å². The third-order valence-corrected chi connectivity index (χ3v) is 4.07. The minimum Gasteiger partial charge on any atom is -0.353 e. The van der Waals surface area contributed by atoms with Gasteiger partial charge in [0.15, 0.2) is 0 Å². The van der Waals surface area contributed by atoms with E-state index >= 15 is 0 Å². The second-order valence-corrected chi connectivity index (χ2v) is 5.51. The summed E-state index contributed by atoms with van der Waals surface area (Å²) in [5.41, 5.74) is 1.32. The van der Waals surface area contributed by atoms with Gasteiger partial charge in [-0.05, 0) is 33.1 Å². The van der Waals surface area contributed by atoms with E-state index in [9.17, 15) is 0 Å². The summed E-state index contributed by atoms with van der Waals surface area (Å²) in [6, 6.07) is 1.15. The molecule has 0 saturated heterocycles. The van der Waals surface area contributed by atoms with Crippen LogP contribution in [0, 0.1) is 0 Å². The first-order valence-electron chi connectivity index (χ1n) is 6.59. The fraction of sp³-hybridized carbons (Fsp3) is 0.769. The summed E-state index contributed by atoms with van der Waals surface area (Å²) >= 11 is 0. The fourth-order valence-corrected chi connectivity index (χ4v) is 3.18. The lowest BCUT2D eigenvalue weighted by Crippen LogP contribution is -2.28. The van der Waals surface area contributed by atoms with Crippen molar-refractivity contribution in [3.8, 4) is 0 Å². The smallest absolute Gasteiger partial charge is 0.203 e. The molecule has 1 aliphatic carbocycles. The van der Waals surface area contributed by atoms with Crippen LogP contribution in [-0.4, -0.2) is 15.6 Å². The molecule has 1 saturated carbocycles. The molecule has 0 bridgehead atoms. The molecule has 2 atom stereocenters. The number of hydrogen-bond acceptors (Lipinski definition) is 2. The minimum atomic E-state index is 0.557. The van der Waals surface area contributed by atoms with Crippen molar-refractivity contribution in [3.05, 3.63) is 11.9 Å². The van der Waals surface area contributed by atoms with Gasteiger partial charge in [-0.2, -0.15) is 0 Å². The van der Waals surface area contributed by atoms with Crippen molar-refractivity contribution < 1.29 is 0 Å². The zero-order valence-corrected chi connectivity index (χ0v) is 10.2. The molecule has 1 N–H and O–H groups in total. The summed E-state index contributed by atoms with van der Waals surface area (Å²) in [6.07, 6.45) is 8.92. The summed E-state index contributed by atoms with van der Waals surface area (Å²) in [7, 11) is 0. The van der Waals surface area contributed by atoms with Crippen LogP contribution in [0.3, 0.4) is 0 Å². The summed E-state index contributed by atoms with van der Waals surface area (Å²) < 4.78 is 2.33. The van der Waals surface area contributed by atoms with E-state index < -0.39 is 0 Å². The Morgan fingerprint density at radius 3 is 2.81 bits per heavy atom. The van der Waals surface area contributed by atoms with Gasteiger partial charge in [-0.15, -0.1) is 0 Å². The zero-order valence-electron chi connectivity index (χ0n) is 10.2. The van der Waals surface area contributed by atoms with E-state index in [0.717, 1.165) is 11.9 Å². The molecule has 0 amide bonds. The molecule has 2 aliphatic rings. The lowest BCUT2D eigenvalue weighted by molar-refractivity contribution is 0.449. The molecule has 16 heavy (non-hydrogen) atoms. The number of aromatic nitrogens is 2. The molecule has 2 heterocycles. The molecule has 3 nitrogen and oxygen atoms in total. The monoisotopic (exact) mass is 219 g/mol. The third kappa shape index (κ3) is 1.62. The number of nitrogens with zero attached hydrogens (tertiary/aromatic N) is 2. The van der Waals surface area contributed by atoms with Gasteiger partial charge in [-0.3, -0.25) is 0 Å². The SMILES string of the molecule is CC1CC(C)n2cc(C3CCCC3)nc2N1. The van der Waals surface area contributed by atoms with Crippen molar-refractivity contribution in [1.82, 2.24) is 9.55 Å². The number of anilines is 1. The quantitative estimate of drug-likeness (QED) is 0.785. The highest BCUT2D eigenvalue weighted by Gasteiger charge is 2.26. The molecule has 3 rings (SSSR count). The Balaban J connectivity index is 1.90. The number of rotatable bonds is 1. The first-order chi connectivity index (χ1) is 7.74. The zero-order chi connectivity index (χ0) is 11.1. The van der Waals surface area contributed by atoms with Gasteiger partial charge >= 0.3 is 0 Å². The van der Waals surface area contributed by atoms with Gasteiger partial charge in [0.1, 0.15) is 0 Å². The van der Waals surface area contributed by atoms with Gasteiger partial charge in [-0.1, -0.05) is 12.8 Å². The molecule has 2 unspecified atom stereocenters. The maximum Gasteiger partial charge on any atom is 0.203 e. The molecule has 0 spiro atoms. The average molecular weight is 219 g/mol. The van der Waals surface area contributed by atoms with Crippen molar-refractivity contribution in [1.29, 1.82) is 0 Å². The van der Waals surface area contributed by atoms with Gasteiger partial charge in [0, 0.05) is 24.2 Å². The Morgan fingerprint density at radius 1 is 1.31 bits per heavy atom. The maximum absolute atomic E-state index is 4.79. The predicted octanol–water partition coefficient (Wildman–Crippen LogP) is 3.31. The van der Waals surface area contributed by atoms with Crippen LogP contribution in [0.1, 0.15) is 63.6 Å². The number of fused-ring (bicyclic) bond motifs is 1. The summed E-state index contributed by atoms with van der Waals surface area (Å²) in [5.74, 6) is 1.82. The fourth-order valence-electron chi connectivity index (χ4n) is 3.18. The van der Waals surface area contributed by atoms with Gasteiger partial charge in [-0.25, -0.2) is 4.98 Å². The van der Waals surface area contributed by atoms with Gasteiger partial charge in [0.2, 0.25) is 5.95 Å². The van der Waals surface area contributed by atoms with Crippen LogP contribution in [-0.2, 0) is 0 Å². The third-order valence-electron chi connectivity index (χ3n) is 4.07. The topological polar surface area (TPSA) is 29.9 Å². The second-order valence-electron chi connectivity index (χ2n) is 5.51. The van der Waals surface area contributed by atoms with Gasteiger partial charge in [0.25, 0.3) is 0 Å². The average Bonchev–Trinajstić information content (AvgIpc) is 2.82. The Bertz CT molecular complexity index is 377. The van der Waals surface area contributed by atoms with E-state index in [1.165, 1.54) is 37.8 Å². The van der Waals surface area contributed by atoms with E-state index in [1.54, 1.807) is 0 Å². The molecular weight excluding hydrogens is 198 g/mol. The molecule has 1 fully saturated rings. The van der Waals surface area contributed by atoms with Crippen LogP contribution in [0.5, 0.6) is 0 Å². The standard InChI is InChI=1S/C13H21N3/c1-9-7-10(2)16-8-12(15-13(16)14-9)11-5-3-4-6-11/h8-11H,3-7H2,1-2H3,(H,14,15). The van der Waals surface area contributed by atoms with Crippen LogP contribution in [0.25, 0.3) is 0 Å². The maximum atomic E-state index is 4.79. The molecule has 88 valence electrons. The first kappa shape index (κ1) is 10.2. The molecule has 0 aromatic carbocycles. The van der Waals surface area contributed by atoms with E-state index in [4.69, 9.17) is 4.98 Å². The molecular formula is C13H21N3. The van der Waals surface area contributed by atoms with Crippen molar-refractivity contribution >= 4 is 5.95 Å². The Kier molecular flexibility index (Phi) is 2.41. The van der Waals surface area contributed by atoms with Crippen molar-refractivity contribution in [3.63, 3.8) is 0 Å². The minimum absolute atomic E-state index is 0.557. The molecule has 1 aromatic rings. The second kappa shape index (κ2) is 3.79. The van der Waals surface area contributed by atoms with E-state index in [1.807, 2.05) is 0 Å². The highest BCUT2D eigenvalue weighted by Crippen LogP contribution is 2.36. The Morgan fingerprint density at radius 2 is 2.06 bits per heavy atom. The van der Waals surface area contributed by atoms with Crippen molar-refractivity contribution in [2.45, 2.75) is 64.0 Å². The van der Waals surface area contributed by atoms with Gasteiger partial charge in [0.05, 0.1) is 5.69 Å². The molecule has 3 heteroatoms. The van der Waals surface area contributed by atoms with Crippen LogP contribution in [0.15, 0.2) is 6.20 Å². The number of hydrogen-bond donors (Lipinski definition) is 1. The van der Waals surface area contributed by atoms with Crippen LogP contribution in [0.4, 0.5) is 5.95 Å². The van der Waals surface area contributed by atoms with Gasteiger partial charge < -0.3 is 9.88 Å².